The van der Waals surface area contributed by atoms with Crippen LogP contribution in [0.25, 0.3) is 0 Å². The van der Waals surface area contributed by atoms with Crippen molar-refractivity contribution < 1.29 is 28.6 Å². The Morgan fingerprint density at radius 1 is 0.966 bits per heavy atom. The fraction of sp³-hybridized carbons (Fsp3) is 0.435. The molecule has 0 bridgehead atoms. The SMILES string of the molecule is CCC(C)C(=O)OC(C=CC=CC#CC#CC=CCOC(C)=O)CCOC(C)=O. The van der Waals surface area contributed by atoms with Crippen LogP contribution in [0.1, 0.15) is 40.5 Å². The molecule has 0 N–H and O–H groups in total. The van der Waals surface area contributed by atoms with E-state index in [-0.39, 0.29) is 37.0 Å². The number of hydrogen-bond acceptors (Lipinski definition) is 6. The Labute approximate surface area is 173 Å². The van der Waals surface area contributed by atoms with Crippen LogP contribution in [0.2, 0.25) is 0 Å². The molecule has 0 saturated heterocycles. The normalized spacial score (nSPS) is 12.6. The van der Waals surface area contributed by atoms with Gasteiger partial charge in [-0.15, -0.1) is 0 Å². The summed E-state index contributed by atoms with van der Waals surface area (Å²) in [5.74, 6) is 9.50. The molecule has 0 rings (SSSR count). The Hall–Kier alpha value is -3.25. The molecule has 0 heterocycles. The highest BCUT2D eigenvalue weighted by molar-refractivity contribution is 5.72. The molecule has 0 aromatic heterocycles. The molecule has 0 aliphatic rings. The van der Waals surface area contributed by atoms with Crippen molar-refractivity contribution in [1.82, 2.24) is 0 Å². The van der Waals surface area contributed by atoms with Crippen LogP contribution in [0, 0.1) is 29.6 Å². The summed E-state index contributed by atoms with van der Waals surface area (Å²) in [5.41, 5.74) is 0. The molecular formula is C23H28O6. The minimum atomic E-state index is -0.490. The molecule has 0 amide bonds. The first-order valence-electron chi connectivity index (χ1n) is 9.33. The van der Waals surface area contributed by atoms with Crippen molar-refractivity contribution in [1.29, 1.82) is 0 Å². The summed E-state index contributed by atoms with van der Waals surface area (Å²) in [6.45, 7) is 6.73. The van der Waals surface area contributed by atoms with Gasteiger partial charge in [-0.2, -0.15) is 0 Å². The molecular weight excluding hydrogens is 372 g/mol. The lowest BCUT2D eigenvalue weighted by atomic mass is 10.1. The second-order valence-corrected chi connectivity index (χ2v) is 5.90. The van der Waals surface area contributed by atoms with E-state index in [0.717, 1.165) is 0 Å². The van der Waals surface area contributed by atoms with E-state index in [9.17, 15) is 14.4 Å². The Balaban J connectivity index is 4.58. The fourth-order valence-corrected chi connectivity index (χ4v) is 1.67. The summed E-state index contributed by atoms with van der Waals surface area (Å²) in [4.78, 5) is 33.4. The molecule has 6 nitrogen and oxygen atoms in total. The number of carbonyl (C=O) groups excluding carboxylic acids is 3. The quantitative estimate of drug-likeness (QED) is 0.243. The lowest BCUT2D eigenvalue weighted by Gasteiger charge is -2.16. The summed E-state index contributed by atoms with van der Waals surface area (Å²) in [6.07, 6.45) is 10.5. The van der Waals surface area contributed by atoms with Crippen molar-refractivity contribution in [2.45, 2.75) is 46.6 Å². The number of rotatable bonds is 10. The van der Waals surface area contributed by atoms with Gasteiger partial charge in [0.15, 0.2) is 0 Å². The number of hydrogen-bond donors (Lipinski definition) is 0. The fourth-order valence-electron chi connectivity index (χ4n) is 1.67. The monoisotopic (exact) mass is 400 g/mol. The van der Waals surface area contributed by atoms with Crippen LogP contribution >= 0.6 is 0 Å². The Kier molecular flexibility index (Phi) is 15.0. The van der Waals surface area contributed by atoms with Crippen molar-refractivity contribution in [3.8, 4) is 23.7 Å². The summed E-state index contributed by atoms with van der Waals surface area (Å²) in [7, 11) is 0. The second kappa shape index (κ2) is 16.9. The van der Waals surface area contributed by atoms with Crippen LogP contribution in [-0.4, -0.2) is 37.2 Å². The van der Waals surface area contributed by atoms with E-state index in [2.05, 4.69) is 23.7 Å². The minimum Gasteiger partial charge on any atom is -0.466 e. The third kappa shape index (κ3) is 16.6. The van der Waals surface area contributed by atoms with Gasteiger partial charge in [-0.3, -0.25) is 14.4 Å². The van der Waals surface area contributed by atoms with E-state index in [1.807, 2.05) is 6.92 Å². The van der Waals surface area contributed by atoms with E-state index in [4.69, 9.17) is 14.2 Å². The third-order valence-corrected chi connectivity index (χ3v) is 3.40. The van der Waals surface area contributed by atoms with Crippen molar-refractivity contribution in [3.63, 3.8) is 0 Å². The van der Waals surface area contributed by atoms with Crippen molar-refractivity contribution in [3.05, 3.63) is 36.5 Å². The molecule has 6 heteroatoms. The molecule has 2 atom stereocenters. The van der Waals surface area contributed by atoms with Crippen LogP contribution in [0.5, 0.6) is 0 Å². The van der Waals surface area contributed by atoms with Gasteiger partial charge in [0.05, 0.1) is 12.5 Å². The molecule has 0 spiro atoms. The zero-order chi connectivity index (χ0) is 21.9. The second-order valence-electron chi connectivity index (χ2n) is 5.90. The first kappa shape index (κ1) is 25.8. The first-order valence-corrected chi connectivity index (χ1v) is 9.33. The van der Waals surface area contributed by atoms with E-state index in [0.29, 0.717) is 12.8 Å². The molecule has 0 aromatic rings. The number of ether oxygens (including phenoxy) is 3. The number of carbonyl (C=O) groups is 3. The van der Waals surface area contributed by atoms with Gasteiger partial charge >= 0.3 is 17.9 Å². The third-order valence-electron chi connectivity index (χ3n) is 3.40. The first-order chi connectivity index (χ1) is 13.9. The maximum absolute atomic E-state index is 12.0. The maximum Gasteiger partial charge on any atom is 0.309 e. The molecule has 156 valence electrons. The van der Waals surface area contributed by atoms with Gasteiger partial charge in [0.2, 0.25) is 0 Å². The van der Waals surface area contributed by atoms with Crippen LogP contribution in [0.4, 0.5) is 0 Å². The standard InChI is InChI=1S/C23H28O6/c1-5-19(2)23(26)29-22(16-18-28-21(4)25)15-13-11-9-7-6-8-10-12-14-17-27-20(3)24/h9,11-15,19,22H,5,16-18H2,1-4H3. The lowest BCUT2D eigenvalue weighted by molar-refractivity contribution is -0.152. The van der Waals surface area contributed by atoms with Crippen LogP contribution < -0.4 is 0 Å². The van der Waals surface area contributed by atoms with Gasteiger partial charge < -0.3 is 14.2 Å². The number of allylic oxidation sites excluding steroid dienone is 4. The largest absolute Gasteiger partial charge is 0.466 e. The zero-order valence-corrected chi connectivity index (χ0v) is 17.4. The average Bonchev–Trinajstić information content (AvgIpc) is 2.67. The molecule has 0 aromatic carbocycles. The Morgan fingerprint density at radius 2 is 1.62 bits per heavy atom. The summed E-state index contributed by atoms with van der Waals surface area (Å²) in [5, 5.41) is 0. The zero-order valence-electron chi connectivity index (χ0n) is 17.4. The topological polar surface area (TPSA) is 78.9 Å². The molecule has 0 aliphatic heterocycles. The van der Waals surface area contributed by atoms with Gasteiger partial charge in [-0.1, -0.05) is 37.8 Å². The highest BCUT2D eigenvalue weighted by Crippen LogP contribution is 2.09. The summed E-state index contributed by atoms with van der Waals surface area (Å²) >= 11 is 0. The minimum absolute atomic E-state index is 0.169. The van der Waals surface area contributed by atoms with Crippen LogP contribution in [0.3, 0.4) is 0 Å². The highest BCUT2D eigenvalue weighted by atomic mass is 16.6. The molecule has 0 saturated carbocycles. The van der Waals surface area contributed by atoms with E-state index in [1.165, 1.54) is 13.8 Å². The molecule has 2 unspecified atom stereocenters. The Morgan fingerprint density at radius 3 is 2.24 bits per heavy atom. The highest BCUT2D eigenvalue weighted by Gasteiger charge is 2.17. The average molecular weight is 400 g/mol. The smallest absolute Gasteiger partial charge is 0.309 e. The Bertz CT molecular complexity index is 737. The van der Waals surface area contributed by atoms with Crippen LogP contribution in [-0.2, 0) is 28.6 Å². The van der Waals surface area contributed by atoms with Crippen molar-refractivity contribution in [2.24, 2.45) is 5.92 Å². The van der Waals surface area contributed by atoms with Gasteiger partial charge in [0.25, 0.3) is 0 Å². The van der Waals surface area contributed by atoms with Gasteiger partial charge in [-0.05, 0) is 42.6 Å². The van der Waals surface area contributed by atoms with Gasteiger partial charge in [0.1, 0.15) is 12.7 Å². The van der Waals surface area contributed by atoms with E-state index < -0.39 is 6.10 Å². The van der Waals surface area contributed by atoms with E-state index in [1.54, 1.807) is 43.4 Å². The summed E-state index contributed by atoms with van der Waals surface area (Å²) < 4.78 is 15.1. The summed E-state index contributed by atoms with van der Waals surface area (Å²) in [6, 6.07) is 0. The van der Waals surface area contributed by atoms with Crippen molar-refractivity contribution in [2.75, 3.05) is 13.2 Å². The van der Waals surface area contributed by atoms with E-state index >= 15 is 0 Å². The number of esters is 3. The molecule has 0 radical (unpaired) electrons. The van der Waals surface area contributed by atoms with Crippen molar-refractivity contribution >= 4 is 17.9 Å². The lowest BCUT2D eigenvalue weighted by Crippen LogP contribution is -2.22. The van der Waals surface area contributed by atoms with Crippen LogP contribution in [0.15, 0.2) is 36.5 Å². The molecule has 29 heavy (non-hydrogen) atoms. The maximum atomic E-state index is 12.0. The van der Waals surface area contributed by atoms with Gasteiger partial charge in [-0.25, -0.2) is 0 Å². The predicted octanol–water partition coefficient (Wildman–Crippen LogP) is 3.14. The predicted molar refractivity (Wildman–Crippen MR) is 110 cm³/mol. The molecule has 0 fully saturated rings. The molecule has 0 aliphatic carbocycles. The van der Waals surface area contributed by atoms with Gasteiger partial charge in [0, 0.05) is 20.3 Å².